The van der Waals surface area contributed by atoms with Crippen molar-refractivity contribution in [2.45, 2.75) is 70.6 Å². The number of aliphatic hydroxyl groups excluding tert-OH is 1. The van der Waals surface area contributed by atoms with Gasteiger partial charge in [0.1, 0.15) is 23.0 Å². The van der Waals surface area contributed by atoms with E-state index in [1.54, 1.807) is 26.0 Å². The highest BCUT2D eigenvalue weighted by Gasteiger charge is 2.29. The molecular formula is C26H33Cl2NO4. The van der Waals surface area contributed by atoms with Crippen LogP contribution in [-0.2, 0) is 17.6 Å². The molecule has 2 aromatic carbocycles. The van der Waals surface area contributed by atoms with Crippen LogP contribution in [0.1, 0.15) is 56.7 Å². The molecule has 0 saturated carbocycles. The first-order chi connectivity index (χ1) is 15.5. The number of hydrogen-bond donors (Lipinski definition) is 3. The van der Waals surface area contributed by atoms with Crippen molar-refractivity contribution in [1.82, 2.24) is 5.32 Å². The Morgan fingerprint density at radius 2 is 1.73 bits per heavy atom. The van der Waals surface area contributed by atoms with E-state index in [2.05, 4.69) is 43.4 Å². The summed E-state index contributed by atoms with van der Waals surface area (Å²) in [6.45, 7) is 8.00. The Kier molecular flexibility index (Phi) is 8.33. The van der Waals surface area contributed by atoms with Gasteiger partial charge in [-0.3, -0.25) is 4.79 Å². The summed E-state index contributed by atoms with van der Waals surface area (Å²) in [5.74, 6) is -0.868. The van der Waals surface area contributed by atoms with Gasteiger partial charge in [0, 0.05) is 12.1 Å². The topological polar surface area (TPSA) is 78.8 Å². The molecule has 0 aliphatic heterocycles. The van der Waals surface area contributed by atoms with Crippen LogP contribution in [0.4, 0.5) is 0 Å². The smallest absolute Gasteiger partial charge is 0.310 e. The summed E-state index contributed by atoms with van der Waals surface area (Å²) in [5.41, 5.74) is 3.18. The molecule has 0 heterocycles. The van der Waals surface area contributed by atoms with Crippen LogP contribution in [0.25, 0.3) is 0 Å². The first-order valence-electron chi connectivity index (χ1n) is 11.4. The van der Waals surface area contributed by atoms with Crippen molar-refractivity contribution in [1.29, 1.82) is 0 Å². The molecule has 5 nitrogen and oxygen atoms in total. The molecule has 3 N–H and O–H groups in total. The van der Waals surface area contributed by atoms with E-state index in [4.69, 9.17) is 27.9 Å². The van der Waals surface area contributed by atoms with E-state index >= 15 is 0 Å². The molecule has 0 fully saturated rings. The predicted molar refractivity (Wildman–Crippen MR) is 133 cm³/mol. The Labute approximate surface area is 206 Å². The molecule has 7 heteroatoms. The van der Waals surface area contributed by atoms with E-state index in [-0.39, 0.29) is 15.6 Å². The van der Waals surface area contributed by atoms with E-state index in [9.17, 15) is 15.0 Å². The lowest BCUT2D eigenvalue weighted by Crippen LogP contribution is -2.48. The average molecular weight is 494 g/mol. The van der Waals surface area contributed by atoms with Gasteiger partial charge in [-0.2, -0.15) is 0 Å². The van der Waals surface area contributed by atoms with E-state index in [1.165, 1.54) is 11.1 Å². The third-order valence-electron chi connectivity index (χ3n) is 6.49. The summed E-state index contributed by atoms with van der Waals surface area (Å²) < 4.78 is 5.87. The maximum atomic E-state index is 11.3. The first-order valence-corrected chi connectivity index (χ1v) is 12.1. The van der Waals surface area contributed by atoms with Gasteiger partial charge >= 0.3 is 5.97 Å². The summed E-state index contributed by atoms with van der Waals surface area (Å²) >= 11 is 12.6. The van der Waals surface area contributed by atoms with Crippen LogP contribution in [0.3, 0.4) is 0 Å². The molecule has 3 rings (SSSR count). The molecule has 0 amide bonds. The van der Waals surface area contributed by atoms with Crippen LogP contribution < -0.4 is 10.1 Å². The van der Waals surface area contributed by atoms with Crippen molar-refractivity contribution in [3.63, 3.8) is 0 Å². The second kappa shape index (κ2) is 10.6. The minimum absolute atomic E-state index is 0.136. The SMILES string of the molecule is CC(C(=O)O)c1ccc(O[C@H](C)[C@@H](O)CNC(C)(C)CC2Cc3ccccc3C2)c(Cl)c1Cl. The van der Waals surface area contributed by atoms with Gasteiger partial charge in [-0.05, 0) is 75.6 Å². The Bertz CT molecular complexity index is 969. The summed E-state index contributed by atoms with van der Waals surface area (Å²) in [6.07, 6.45) is 1.89. The zero-order chi connectivity index (χ0) is 24.3. The molecule has 0 aromatic heterocycles. The van der Waals surface area contributed by atoms with Gasteiger partial charge in [0.05, 0.1) is 10.9 Å². The van der Waals surface area contributed by atoms with Crippen molar-refractivity contribution in [3.8, 4) is 5.75 Å². The van der Waals surface area contributed by atoms with Crippen LogP contribution in [0.5, 0.6) is 5.75 Å². The summed E-state index contributed by atoms with van der Waals surface area (Å²) in [6, 6.07) is 11.8. The normalized spacial score (nSPS) is 16.8. The Balaban J connectivity index is 1.53. The highest BCUT2D eigenvalue weighted by molar-refractivity contribution is 6.43. The largest absolute Gasteiger partial charge is 0.486 e. The Morgan fingerprint density at radius 1 is 1.12 bits per heavy atom. The molecule has 3 atom stereocenters. The number of carboxylic acids is 1. The van der Waals surface area contributed by atoms with Crippen molar-refractivity contribution in [3.05, 3.63) is 63.1 Å². The lowest BCUT2D eigenvalue weighted by molar-refractivity contribution is -0.138. The van der Waals surface area contributed by atoms with Crippen LogP contribution >= 0.6 is 23.2 Å². The molecule has 0 saturated heterocycles. The number of carboxylic acid groups (broad SMARTS) is 1. The van der Waals surface area contributed by atoms with E-state index < -0.39 is 24.1 Å². The molecule has 0 radical (unpaired) electrons. The first kappa shape index (κ1) is 25.8. The van der Waals surface area contributed by atoms with Gasteiger partial charge in [0.2, 0.25) is 0 Å². The molecule has 1 aliphatic rings. The van der Waals surface area contributed by atoms with Gasteiger partial charge in [-0.15, -0.1) is 0 Å². The van der Waals surface area contributed by atoms with Crippen LogP contribution in [0.15, 0.2) is 36.4 Å². The number of hydrogen-bond acceptors (Lipinski definition) is 4. The minimum atomic E-state index is -0.986. The monoisotopic (exact) mass is 493 g/mol. The number of nitrogens with one attached hydrogen (secondary N) is 1. The molecule has 33 heavy (non-hydrogen) atoms. The third kappa shape index (κ3) is 6.42. The van der Waals surface area contributed by atoms with Gasteiger partial charge in [0.15, 0.2) is 0 Å². The maximum absolute atomic E-state index is 11.3. The van der Waals surface area contributed by atoms with E-state index in [0.717, 1.165) is 19.3 Å². The number of ether oxygens (including phenoxy) is 1. The van der Waals surface area contributed by atoms with Gasteiger partial charge < -0.3 is 20.3 Å². The Morgan fingerprint density at radius 3 is 2.30 bits per heavy atom. The average Bonchev–Trinajstić information content (AvgIpc) is 3.16. The molecule has 1 aliphatic carbocycles. The number of carbonyl (C=O) groups is 1. The number of β-amino-alcohol motifs (C(OH)–C–C–N with tert-alkyl or cyclic N) is 1. The van der Waals surface area contributed by atoms with Crippen molar-refractivity contribution < 1.29 is 19.7 Å². The maximum Gasteiger partial charge on any atom is 0.310 e. The van der Waals surface area contributed by atoms with Crippen LogP contribution in [0.2, 0.25) is 10.0 Å². The number of halogens is 2. The lowest BCUT2D eigenvalue weighted by Gasteiger charge is -2.32. The number of benzene rings is 2. The number of aliphatic carboxylic acids is 1. The number of fused-ring (bicyclic) bond motifs is 1. The quantitative estimate of drug-likeness (QED) is 0.408. The Hall–Kier alpha value is -1.79. The lowest BCUT2D eigenvalue weighted by atomic mass is 9.88. The van der Waals surface area contributed by atoms with Gasteiger partial charge in [-0.25, -0.2) is 0 Å². The summed E-state index contributed by atoms with van der Waals surface area (Å²) in [4.78, 5) is 11.3. The highest BCUT2D eigenvalue weighted by Crippen LogP contribution is 2.38. The van der Waals surface area contributed by atoms with Crippen LogP contribution in [-0.4, -0.2) is 40.5 Å². The van der Waals surface area contributed by atoms with Crippen molar-refractivity contribution in [2.75, 3.05) is 6.54 Å². The second-order valence-corrected chi connectivity index (χ2v) is 10.5. The van der Waals surface area contributed by atoms with E-state index in [1.807, 2.05) is 0 Å². The molecule has 2 aromatic rings. The third-order valence-corrected chi connectivity index (χ3v) is 7.37. The highest BCUT2D eigenvalue weighted by atomic mass is 35.5. The second-order valence-electron chi connectivity index (χ2n) is 9.74. The molecular weight excluding hydrogens is 461 g/mol. The summed E-state index contributed by atoms with van der Waals surface area (Å²) in [7, 11) is 0. The zero-order valence-corrected chi connectivity index (χ0v) is 21.1. The fourth-order valence-electron chi connectivity index (χ4n) is 4.52. The number of rotatable bonds is 10. The molecule has 1 unspecified atom stereocenters. The van der Waals surface area contributed by atoms with E-state index in [0.29, 0.717) is 23.8 Å². The fourth-order valence-corrected chi connectivity index (χ4v) is 5.06. The van der Waals surface area contributed by atoms with Crippen molar-refractivity contribution in [2.24, 2.45) is 5.92 Å². The van der Waals surface area contributed by atoms with Crippen LogP contribution in [0, 0.1) is 5.92 Å². The standard InChI is InChI=1S/C26H33Cl2NO4/c1-15(25(31)32)20-9-10-22(24(28)23(20)27)33-16(2)21(30)14-29-26(3,4)13-17-11-18-7-5-6-8-19(18)12-17/h5-10,15-17,21,29-30H,11-14H2,1-4H3,(H,31,32)/t15?,16-,21+/m1/s1. The van der Waals surface area contributed by atoms with Gasteiger partial charge in [-0.1, -0.05) is 53.5 Å². The van der Waals surface area contributed by atoms with Crippen molar-refractivity contribution >= 4 is 29.2 Å². The fraction of sp³-hybridized carbons (Fsp3) is 0.500. The minimum Gasteiger partial charge on any atom is -0.486 e. The molecule has 0 bridgehead atoms. The summed E-state index contributed by atoms with van der Waals surface area (Å²) in [5, 5.41) is 23.7. The zero-order valence-electron chi connectivity index (χ0n) is 19.6. The predicted octanol–water partition coefficient (Wildman–Crippen LogP) is 5.48. The number of aliphatic hydroxyl groups is 1. The van der Waals surface area contributed by atoms with Gasteiger partial charge in [0.25, 0.3) is 0 Å². The molecule has 180 valence electrons. The molecule has 0 spiro atoms.